The number of carboxylic acids is 1. The third kappa shape index (κ3) is 5.79. The Morgan fingerprint density at radius 3 is 2.34 bits per heavy atom. The van der Waals surface area contributed by atoms with Crippen molar-refractivity contribution < 1.29 is 19.5 Å². The van der Waals surface area contributed by atoms with Gasteiger partial charge in [0, 0.05) is 27.7 Å². The molecule has 0 fully saturated rings. The van der Waals surface area contributed by atoms with Crippen molar-refractivity contribution in [1.29, 1.82) is 0 Å². The molecule has 35 heavy (non-hydrogen) atoms. The number of amides is 2. The number of nitrogens with one attached hydrogen (secondary N) is 2. The number of nitrogens with zero attached hydrogens (tertiary/aromatic N) is 1. The first-order valence-corrected chi connectivity index (χ1v) is 11.8. The molecule has 7 nitrogen and oxygen atoms in total. The van der Waals surface area contributed by atoms with Crippen molar-refractivity contribution in [1.82, 2.24) is 4.98 Å². The highest BCUT2D eigenvalue weighted by atomic mass is 35.5. The SMILES string of the molecule is CC(Sc1cccc(NC(=O)c2cccc3cccc(C(=O)O)c23)c1)C(=O)Nc1ccc(Cl)cn1. The Morgan fingerprint density at radius 2 is 1.66 bits per heavy atom. The number of carboxylic acid groups (broad SMARTS) is 1. The third-order valence-corrected chi connectivity index (χ3v) is 6.45. The van der Waals surface area contributed by atoms with Crippen LogP contribution in [0.1, 0.15) is 27.6 Å². The Hall–Kier alpha value is -3.88. The van der Waals surface area contributed by atoms with E-state index >= 15 is 0 Å². The zero-order valence-electron chi connectivity index (χ0n) is 18.5. The van der Waals surface area contributed by atoms with E-state index in [2.05, 4.69) is 15.6 Å². The summed E-state index contributed by atoms with van der Waals surface area (Å²) in [4.78, 5) is 42.2. The number of aromatic carboxylic acids is 1. The summed E-state index contributed by atoms with van der Waals surface area (Å²) in [6.07, 6.45) is 1.45. The summed E-state index contributed by atoms with van der Waals surface area (Å²) in [5, 5.41) is 16.2. The zero-order valence-corrected chi connectivity index (χ0v) is 20.1. The molecule has 0 aliphatic rings. The maximum absolute atomic E-state index is 13.1. The molecule has 0 spiro atoms. The van der Waals surface area contributed by atoms with Crippen molar-refractivity contribution in [2.45, 2.75) is 17.1 Å². The fraction of sp³-hybridized carbons (Fsp3) is 0.0769. The van der Waals surface area contributed by atoms with E-state index in [-0.39, 0.29) is 17.0 Å². The van der Waals surface area contributed by atoms with Gasteiger partial charge in [0.05, 0.1) is 15.8 Å². The van der Waals surface area contributed by atoms with Gasteiger partial charge < -0.3 is 15.7 Å². The lowest BCUT2D eigenvalue weighted by molar-refractivity contribution is -0.115. The van der Waals surface area contributed by atoms with Crippen molar-refractivity contribution in [2.24, 2.45) is 0 Å². The Balaban J connectivity index is 1.49. The number of carbonyl (C=O) groups excluding carboxylic acids is 2. The Labute approximate surface area is 210 Å². The molecule has 176 valence electrons. The first-order chi connectivity index (χ1) is 16.8. The van der Waals surface area contributed by atoms with Gasteiger partial charge in [-0.25, -0.2) is 9.78 Å². The van der Waals surface area contributed by atoms with Crippen molar-refractivity contribution >= 4 is 63.4 Å². The average Bonchev–Trinajstić information content (AvgIpc) is 2.84. The van der Waals surface area contributed by atoms with Crippen LogP contribution in [-0.2, 0) is 4.79 Å². The van der Waals surface area contributed by atoms with E-state index in [1.807, 2.05) is 6.07 Å². The van der Waals surface area contributed by atoms with Gasteiger partial charge in [0.15, 0.2) is 0 Å². The quantitative estimate of drug-likeness (QED) is 0.267. The predicted molar refractivity (Wildman–Crippen MR) is 138 cm³/mol. The van der Waals surface area contributed by atoms with Gasteiger partial charge in [0.25, 0.3) is 5.91 Å². The number of fused-ring (bicyclic) bond motifs is 1. The minimum Gasteiger partial charge on any atom is -0.478 e. The highest BCUT2D eigenvalue weighted by Gasteiger charge is 2.18. The molecule has 9 heteroatoms. The first kappa shape index (κ1) is 24.3. The van der Waals surface area contributed by atoms with E-state index in [9.17, 15) is 19.5 Å². The summed E-state index contributed by atoms with van der Waals surface area (Å²) in [6, 6.07) is 20.3. The minimum absolute atomic E-state index is 0.0626. The lowest BCUT2D eigenvalue weighted by Gasteiger charge is -2.13. The summed E-state index contributed by atoms with van der Waals surface area (Å²) < 4.78 is 0. The highest BCUT2D eigenvalue weighted by Crippen LogP contribution is 2.28. The maximum atomic E-state index is 13.1. The summed E-state index contributed by atoms with van der Waals surface area (Å²) >= 11 is 7.15. The summed E-state index contributed by atoms with van der Waals surface area (Å²) in [6.45, 7) is 1.77. The molecule has 1 heterocycles. The van der Waals surface area contributed by atoms with Gasteiger partial charge in [0.2, 0.25) is 5.91 Å². The van der Waals surface area contributed by atoms with Crippen LogP contribution in [0.2, 0.25) is 5.02 Å². The smallest absolute Gasteiger partial charge is 0.336 e. The highest BCUT2D eigenvalue weighted by molar-refractivity contribution is 8.00. The second-order valence-electron chi connectivity index (χ2n) is 7.61. The molecule has 0 bridgehead atoms. The molecule has 0 saturated carbocycles. The maximum Gasteiger partial charge on any atom is 0.336 e. The van der Waals surface area contributed by atoms with Crippen LogP contribution in [0, 0.1) is 0 Å². The topological polar surface area (TPSA) is 108 Å². The molecule has 0 aliphatic heterocycles. The van der Waals surface area contributed by atoms with E-state index in [0.717, 1.165) is 4.90 Å². The Morgan fingerprint density at radius 1 is 0.943 bits per heavy atom. The van der Waals surface area contributed by atoms with Gasteiger partial charge >= 0.3 is 5.97 Å². The zero-order chi connectivity index (χ0) is 24.9. The van der Waals surface area contributed by atoms with Crippen LogP contribution in [0.4, 0.5) is 11.5 Å². The number of halogens is 1. The second kappa shape index (κ2) is 10.6. The van der Waals surface area contributed by atoms with Gasteiger partial charge in [-0.15, -0.1) is 11.8 Å². The molecule has 3 N–H and O–H groups in total. The van der Waals surface area contributed by atoms with Gasteiger partial charge in [0.1, 0.15) is 5.82 Å². The van der Waals surface area contributed by atoms with Crippen molar-refractivity contribution in [3.8, 4) is 0 Å². The molecular weight excluding hydrogens is 486 g/mol. The largest absolute Gasteiger partial charge is 0.478 e. The number of carbonyl (C=O) groups is 3. The van der Waals surface area contributed by atoms with Gasteiger partial charge in [-0.05, 0) is 54.8 Å². The van der Waals surface area contributed by atoms with Gasteiger partial charge in [-0.2, -0.15) is 0 Å². The minimum atomic E-state index is -1.10. The van der Waals surface area contributed by atoms with Crippen LogP contribution < -0.4 is 10.6 Å². The summed E-state index contributed by atoms with van der Waals surface area (Å²) in [5.74, 6) is -1.35. The molecular formula is C26H20ClN3O4S. The Bertz CT molecular complexity index is 1420. The van der Waals surface area contributed by atoms with Crippen LogP contribution in [0.3, 0.4) is 0 Å². The number of benzene rings is 3. The average molecular weight is 506 g/mol. The summed E-state index contributed by atoms with van der Waals surface area (Å²) in [5.41, 5.74) is 0.853. The molecule has 0 radical (unpaired) electrons. The van der Waals surface area contributed by atoms with Crippen LogP contribution in [0.25, 0.3) is 10.8 Å². The van der Waals surface area contributed by atoms with Crippen molar-refractivity contribution in [3.05, 3.63) is 95.1 Å². The number of thioether (sulfide) groups is 1. The third-order valence-electron chi connectivity index (χ3n) is 5.13. The fourth-order valence-electron chi connectivity index (χ4n) is 3.49. The van der Waals surface area contributed by atoms with Crippen LogP contribution in [0.5, 0.6) is 0 Å². The Kier molecular flexibility index (Phi) is 7.33. The second-order valence-corrected chi connectivity index (χ2v) is 9.46. The number of hydrogen-bond acceptors (Lipinski definition) is 5. The van der Waals surface area contributed by atoms with Crippen molar-refractivity contribution in [3.63, 3.8) is 0 Å². The predicted octanol–water partition coefficient (Wildman–Crippen LogP) is 5.96. The van der Waals surface area contributed by atoms with E-state index in [1.165, 1.54) is 24.0 Å². The lowest BCUT2D eigenvalue weighted by atomic mass is 9.98. The number of hydrogen-bond donors (Lipinski definition) is 3. The van der Waals surface area contributed by atoms with Crippen LogP contribution >= 0.6 is 23.4 Å². The molecule has 3 aromatic carbocycles. The van der Waals surface area contributed by atoms with E-state index < -0.39 is 17.1 Å². The number of aromatic nitrogens is 1. The van der Waals surface area contributed by atoms with Crippen molar-refractivity contribution in [2.75, 3.05) is 10.6 Å². The summed E-state index contributed by atoms with van der Waals surface area (Å²) in [7, 11) is 0. The number of anilines is 2. The molecule has 4 rings (SSSR count). The molecule has 1 unspecified atom stereocenters. The molecule has 0 saturated heterocycles. The standard InChI is InChI=1S/C26H20ClN3O4S/c1-15(24(31)30-22-12-11-17(27)14-28-22)35-19-8-4-7-18(13-19)29-25(32)20-9-2-5-16-6-3-10-21(23(16)20)26(33)34/h2-15H,1H3,(H,29,32)(H,33,34)(H,28,30,31). The van der Waals surface area contributed by atoms with Gasteiger partial charge in [-0.1, -0.05) is 41.9 Å². The molecule has 2 amide bonds. The van der Waals surface area contributed by atoms with Crippen LogP contribution in [0.15, 0.2) is 83.9 Å². The molecule has 1 atom stereocenters. The first-order valence-electron chi connectivity index (χ1n) is 10.6. The molecule has 0 aliphatic carbocycles. The van der Waals surface area contributed by atoms with E-state index in [1.54, 1.807) is 67.6 Å². The van der Waals surface area contributed by atoms with E-state index in [4.69, 9.17) is 11.6 Å². The van der Waals surface area contributed by atoms with Crippen LogP contribution in [-0.4, -0.2) is 33.1 Å². The van der Waals surface area contributed by atoms with E-state index in [0.29, 0.717) is 27.3 Å². The normalized spacial score (nSPS) is 11.6. The fourth-order valence-corrected chi connectivity index (χ4v) is 4.53. The molecule has 1 aromatic heterocycles. The number of pyridine rings is 1. The lowest BCUT2D eigenvalue weighted by Crippen LogP contribution is -2.22. The monoisotopic (exact) mass is 505 g/mol. The van der Waals surface area contributed by atoms with Gasteiger partial charge in [-0.3, -0.25) is 9.59 Å². The molecule has 4 aromatic rings. The number of rotatable bonds is 7.